The van der Waals surface area contributed by atoms with Crippen LogP contribution in [0.2, 0.25) is 10.0 Å². The first-order valence-electron chi connectivity index (χ1n) is 9.94. The molecule has 0 unspecified atom stereocenters. The lowest BCUT2D eigenvalue weighted by Gasteiger charge is -2.07. The van der Waals surface area contributed by atoms with Gasteiger partial charge in [-0.2, -0.15) is 0 Å². The summed E-state index contributed by atoms with van der Waals surface area (Å²) < 4.78 is 3.28. The van der Waals surface area contributed by atoms with E-state index in [2.05, 4.69) is 15.3 Å². The van der Waals surface area contributed by atoms with E-state index in [0.717, 1.165) is 16.7 Å². The molecule has 6 nitrogen and oxygen atoms in total. The Bertz CT molecular complexity index is 1460. The second-order valence-corrected chi connectivity index (χ2v) is 8.32. The first-order valence-corrected chi connectivity index (χ1v) is 10.7. The maximum Gasteiger partial charge on any atom is 0.261 e. The van der Waals surface area contributed by atoms with Crippen LogP contribution in [0.15, 0.2) is 84.0 Å². The summed E-state index contributed by atoms with van der Waals surface area (Å²) in [6.45, 7) is 0.854. The number of fused-ring (bicyclic) bond motifs is 1. The highest BCUT2D eigenvalue weighted by molar-refractivity contribution is 6.30. The third-order valence-electron chi connectivity index (χ3n) is 5.18. The van der Waals surface area contributed by atoms with Crippen molar-refractivity contribution in [1.29, 1.82) is 0 Å². The lowest BCUT2D eigenvalue weighted by Crippen LogP contribution is -2.21. The van der Waals surface area contributed by atoms with Crippen LogP contribution in [0.5, 0.6) is 0 Å². The summed E-state index contributed by atoms with van der Waals surface area (Å²) in [5.41, 5.74) is 4.17. The molecule has 0 radical (unpaired) electrons. The van der Waals surface area contributed by atoms with Crippen LogP contribution in [0.3, 0.4) is 0 Å². The molecule has 5 aromatic rings. The molecular formula is C24H17Cl2N5O. The van der Waals surface area contributed by atoms with Gasteiger partial charge in [-0.1, -0.05) is 58.7 Å². The van der Waals surface area contributed by atoms with Crippen LogP contribution in [0.4, 0.5) is 0 Å². The van der Waals surface area contributed by atoms with Gasteiger partial charge < -0.3 is 0 Å². The van der Waals surface area contributed by atoms with Crippen LogP contribution in [-0.4, -0.2) is 24.5 Å². The minimum Gasteiger partial charge on any atom is -0.293 e. The van der Waals surface area contributed by atoms with Gasteiger partial charge in [0.25, 0.3) is 5.56 Å². The molecule has 0 fully saturated rings. The van der Waals surface area contributed by atoms with E-state index in [1.54, 1.807) is 15.6 Å². The molecule has 0 atom stereocenters. The summed E-state index contributed by atoms with van der Waals surface area (Å²) >= 11 is 11.9. The second kappa shape index (κ2) is 8.57. The largest absolute Gasteiger partial charge is 0.293 e. The van der Waals surface area contributed by atoms with Crippen molar-refractivity contribution in [2.24, 2.45) is 0 Å². The summed E-state index contributed by atoms with van der Waals surface area (Å²) in [4.78, 5) is 17.6. The summed E-state index contributed by atoms with van der Waals surface area (Å²) in [5.74, 6) is 0. The topological polar surface area (TPSA) is 65.6 Å². The number of hydrogen-bond donors (Lipinski definition) is 0. The third kappa shape index (κ3) is 4.28. The fourth-order valence-electron chi connectivity index (χ4n) is 3.53. The van der Waals surface area contributed by atoms with E-state index >= 15 is 0 Å². The highest BCUT2D eigenvalue weighted by atomic mass is 35.5. The van der Waals surface area contributed by atoms with Crippen molar-refractivity contribution in [2.45, 2.75) is 13.1 Å². The van der Waals surface area contributed by atoms with Gasteiger partial charge in [0.05, 0.1) is 36.5 Å². The van der Waals surface area contributed by atoms with Gasteiger partial charge in [-0.25, -0.2) is 9.67 Å². The molecule has 0 saturated heterocycles. The minimum absolute atomic E-state index is 0.127. The van der Waals surface area contributed by atoms with Crippen molar-refractivity contribution in [2.75, 3.05) is 0 Å². The second-order valence-electron chi connectivity index (χ2n) is 7.45. The van der Waals surface area contributed by atoms with Crippen LogP contribution in [0, 0.1) is 0 Å². The smallest absolute Gasteiger partial charge is 0.261 e. The molecule has 0 amide bonds. The Labute approximate surface area is 193 Å². The summed E-state index contributed by atoms with van der Waals surface area (Å²) in [6.07, 6.45) is 3.38. The molecule has 2 heterocycles. The molecule has 5 rings (SSSR count). The zero-order valence-corrected chi connectivity index (χ0v) is 18.3. The normalized spacial score (nSPS) is 11.2. The number of benzene rings is 3. The molecule has 0 aliphatic carbocycles. The van der Waals surface area contributed by atoms with Gasteiger partial charge in [-0.05, 0) is 53.1 Å². The first-order chi connectivity index (χ1) is 15.5. The van der Waals surface area contributed by atoms with Crippen LogP contribution >= 0.6 is 23.2 Å². The van der Waals surface area contributed by atoms with E-state index in [-0.39, 0.29) is 12.1 Å². The number of rotatable bonds is 5. The quantitative estimate of drug-likeness (QED) is 0.366. The van der Waals surface area contributed by atoms with E-state index in [1.807, 2.05) is 72.9 Å². The van der Waals surface area contributed by atoms with Gasteiger partial charge in [-0.15, -0.1) is 5.10 Å². The fraction of sp³-hybridized carbons (Fsp3) is 0.0833. The maximum absolute atomic E-state index is 13.1. The molecule has 0 aliphatic rings. The van der Waals surface area contributed by atoms with Gasteiger partial charge in [0.1, 0.15) is 5.69 Å². The van der Waals surface area contributed by atoms with Gasteiger partial charge in [0, 0.05) is 10.0 Å². The van der Waals surface area contributed by atoms with Gasteiger partial charge in [0.15, 0.2) is 0 Å². The van der Waals surface area contributed by atoms with Crippen molar-refractivity contribution in [3.05, 3.63) is 111 Å². The Balaban J connectivity index is 1.41. The average Bonchev–Trinajstić information content (AvgIpc) is 3.24. The minimum atomic E-state index is -0.127. The Hall–Kier alpha value is -3.48. The number of aromatic nitrogens is 5. The van der Waals surface area contributed by atoms with Crippen LogP contribution in [0.25, 0.3) is 22.0 Å². The maximum atomic E-state index is 13.1. The van der Waals surface area contributed by atoms with Crippen LogP contribution < -0.4 is 5.56 Å². The van der Waals surface area contributed by atoms with E-state index < -0.39 is 0 Å². The Kier molecular flexibility index (Phi) is 5.47. The molecule has 0 saturated carbocycles. The van der Waals surface area contributed by atoms with E-state index in [9.17, 15) is 4.79 Å². The molecule has 0 spiro atoms. The highest BCUT2D eigenvalue weighted by Gasteiger charge is 2.09. The molecule has 0 aliphatic heterocycles. The zero-order chi connectivity index (χ0) is 22.1. The summed E-state index contributed by atoms with van der Waals surface area (Å²) in [5, 5.41) is 10.3. The Morgan fingerprint density at radius 3 is 2.25 bits per heavy atom. The predicted octanol–water partition coefficient (Wildman–Crippen LogP) is 5.06. The standard InChI is InChI=1S/C24H17Cl2N5O/c25-19-6-1-16(2-7-19)12-31-14-21(28-29-31)13-30-15-27-23-10-5-18(11-22(23)24(30)32)17-3-8-20(26)9-4-17/h1-11,14-15H,12-13H2. The fourth-order valence-corrected chi connectivity index (χ4v) is 3.79. The van der Waals surface area contributed by atoms with Crippen LogP contribution in [-0.2, 0) is 13.1 Å². The molecule has 8 heteroatoms. The monoisotopic (exact) mass is 461 g/mol. The van der Waals surface area contributed by atoms with Crippen molar-refractivity contribution in [3.8, 4) is 11.1 Å². The molecule has 0 bridgehead atoms. The Morgan fingerprint density at radius 1 is 0.812 bits per heavy atom. The van der Waals surface area contributed by atoms with E-state index in [0.29, 0.717) is 33.2 Å². The van der Waals surface area contributed by atoms with Crippen molar-refractivity contribution in [1.82, 2.24) is 24.5 Å². The van der Waals surface area contributed by atoms with Gasteiger partial charge in [0.2, 0.25) is 0 Å². The number of halogens is 2. The molecule has 32 heavy (non-hydrogen) atoms. The lowest BCUT2D eigenvalue weighted by atomic mass is 10.0. The lowest BCUT2D eigenvalue weighted by molar-refractivity contribution is 0.648. The summed E-state index contributed by atoms with van der Waals surface area (Å²) in [6, 6.07) is 20.8. The van der Waals surface area contributed by atoms with Crippen molar-refractivity contribution >= 4 is 34.1 Å². The first kappa shape index (κ1) is 20.4. The van der Waals surface area contributed by atoms with Gasteiger partial charge >= 0.3 is 0 Å². The number of nitrogens with zero attached hydrogens (tertiary/aromatic N) is 5. The van der Waals surface area contributed by atoms with E-state index in [4.69, 9.17) is 23.2 Å². The number of hydrogen-bond acceptors (Lipinski definition) is 4. The summed E-state index contributed by atoms with van der Waals surface area (Å²) in [7, 11) is 0. The molecule has 2 aromatic heterocycles. The molecule has 3 aromatic carbocycles. The zero-order valence-electron chi connectivity index (χ0n) is 16.8. The Morgan fingerprint density at radius 2 is 1.50 bits per heavy atom. The molecule has 0 N–H and O–H groups in total. The predicted molar refractivity (Wildman–Crippen MR) is 126 cm³/mol. The SMILES string of the molecule is O=c1c2cc(-c3ccc(Cl)cc3)ccc2ncn1Cc1cn(Cc2ccc(Cl)cc2)nn1. The molecular weight excluding hydrogens is 445 g/mol. The third-order valence-corrected chi connectivity index (χ3v) is 5.68. The van der Waals surface area contributed by atoms with Gasteiger partial charge in [-0.3, -0.25) is 9.36 Å². The van der Waals surface area contributed by atoms with Crippen molar-refractivity contribution < 1.29 is 0 Å². The highest BCUT2D eigenvalue weighted by Crippen LogP contribution is 2.23. The average molecular weight is 462 g/mol. The van der Waals surface area contributed by atoms with Crippen molar-refractivity contribution in [3.63, 3.8) is 0 Å². The van der Waals surface area contributed by atoms with Crippen LogP contribution in [0.1, 0.15) is 11.3 Å². The molecule has 158 valence electrons. The van der Waals surface area contributed by atoms with E-state index in [1.165, 1.54) is 0 Å².